The average Bonchev–Trinajstić information content (AvgIpc) is 2.42. The topological polar surface area (TPSA) is 70.8 Å². The van der Waals surface area contributed by atoms with E-state index in [0.717, 1.165) is 0 Å². The Morgan fingerprint density at radius 2 is 1.62 bits per heavy atom. The first-order chi connectivity index (χ1) is 9.95. The highest BCUT2D eigenvalue weighted by Gasteiger charge is 2.12. The zero-order chi connectivity index (χ0) is 15.4. The van der Waals surface area contributed by atoms with E-state index in [-0.39, 0.29) is 0 Å². The summed E-state index contributed by atoms with van der Waals surface area (Å²) in [5, 5.41) is 0. The van der Waals surface area contributed by atoms with Gasteiger partial charge in [-0.25, -0.2) is 4.79 Å². The molecule has 2 aromatic rings. The summed E-state index contributed by atoms with van der Waals surface area (Å²) in [6, 6.07) is 10.3. The molecule has 0 radical (unpaired) electrons. The second-order valence-electron chi connectivity index (χ2n) is 4.05. The van der Waals surface area contributed by atoms with Crippen LogP contribution < -0.4 is 15.4 Å². The molecule has 0 saturated heterocycles. The van der Waals surface area contributed by atoms with Gasteiger partial charge in [0.05, 0.1) is 8.95 Å². The zero-order valence-electron chi connectivity index (χ0n) is 10.9. The maximum absolute atomic E-state index is 10.7. The Balaban J connectivity index is 2.20. The van der Waals surface area contributed by atoms with Gasteiger partial charge in [-0.3, -0.25) is 9.78 Å². The molecule has 0 amide bonds. The van der Waals surface area contributed by atoms with Crippen LogP contribution in [0.2, 0.25) is 0 Å². The van der Waals surface area contributed by atoms with Crippen LogP contribution in [-0.2, 0) is 9.68 Å². The minimum absolute atomic E-state index is 0.355. The molecular formula is C14H11Br2NO4. The van der Waals surface area contributed by atoms with E-state index in [1.807, 2.05) is 0 Å². The predicted octanol–water partition coefficient (Wildman–Crippen LogP) is 4.44. The zero-order valence-corrected chi connectivity index (χ0v) is 14.1. The molecule has 0 bridgehead atoms. The van der Waals surface area contributed by atoms with E-state index in [2.05, 4.69) is 36.7 Å². The van der Waals surface area contributed by atoms with E-state index >= 15 is 0 Å². The van der Waals surface area contributed by atoms with Crippen LogP contribution in [0.1, 0.15) is 6.92 Å². The molecule has 2 rings (SSSR count). The highest BCUT2D eigenvalue weighted by atomic mass is 79.9. The predicted molar refractivity (Wildman–Crippen MR) is 85.2 cm³/mol. The highest BCUT2D eigenvalue weighted by Crippen LogP contribution is 2.40. The molecule has 21 heavy (non-hydrogen) atoms. The third-order valence-corrected chi connectivity index (χ3v) is 3.51. The Morgan fingerprint density at radius 1 is 1.05 bits per heavy atom. The van der Waals surface area contributed by atoms with Gasteiger partial charge >= 0.3 is 5.97 Å². The van der Waals surface area contributed by atoms with Gasteiger partial charge in [0.2, 0.25) is 0 Å². The molecular weight excluding hydrogens is 406 g/mol. The quantitative estimate of drug-likeness (QED) is 0.453. The van der Waals surface area contributed by atoms with Gasteiger partial charge in [-0.05, 0) is 56.1 Å². The van der Waals surface area contributed by atoms with Crippen LogP contribution >= 0.6 is 31.9 Å². The molecule has 7 heteroatoms. The van der Waals surface area contributed by atoms with Crippen LogP contribution in [0, 0.1) is 0 Å². The Hall–Kier alpha value is -1.73. The largest absolute Gasteiger partial charge is 0.455 e. The maximum Gasteiger partial charge on any atom is 0.352 e. The lowest BCUT2D eigenvalue weighted by Gasteiger charge is -2.11. The summed E-state index contributed by atoms with van der Waals surface area (Å²) < 4.78 is 7.03. The van der Waals surface area contributed by atoms with Crippen molar-refractivity contribution in [3.63, 3.8) is 0 Å². The first kappa shape index (κ1) is 15.7. The molecule has 110 valence electrons. The van der Waals surface area contributed by atoms with E-state index in [1.54, 1.807) is 36.4 Å². The van der Waals surface area contributed by atoms with Gasteiger partial charge in [-0.15, -0.1) is 0 Å². The molecule has 0 atom stereocenters. The minimum atomic E-state index is -0.538. The number of hydrogen-bond acceptors (Lipinski definition) is 5. The lowest BCUT2D eigenvalue weighted by molar-refractivity contribution is -0.210. The molecule has 0 aliphatic heterocycles. The summed E-state index contributed by atoms with van der Waals surface area (Å²) in [7, 11) is 0. The van der Waals surface area contributed by atoms with Crippen molar-refractivity contribution in [2.24, 2.45) is 0 Å². The van der Waals surface area contributed by atoms with Crippen molar-refractivity contribution in [3.8, 4) is 17.2 Å². The monoisotopic (exact) mass is 415 g/mol. The maximum atomic E-state index is 10.7. The summed E-state index contributed by atoms with van der Waals surface area (Å²) in [6.45, 7) is 1.25. The summed E-state index contributed by atoms with van der Waals surface area (Å²) in [6.07, 6.45) is 0. The minimum Gasteiger partial charge on any atom is -0.455 e. The molecule has 2 N–H and O–H groups in total. The molecule has 0 spiro atoms. The van der Waals surface area contributed by atoms with E-state index in [4.69, 9.17) is 15.4 Å². The van der Waals surface area contributed by atoms with Crippen LogP contribution in [0.15, 0.2) is 45.3 Å². The number of hydrogen-bond donors (Lipinski definition) is 1. The Morgan fingerprint density at radius 3 is 2.14 bits per heavy atom. The number of nitrogen functional groups attached to an aromatic ring is 1. The molecule has 0 unspecified atom stereocenters. The molecule has 0 aromatic heterocycles. The number of anilines is 1. The normalized spacial score (nSPS) is 10.0. The fourth-order valence-corrected chi connectivity index (χ4v) is 2.75. The van der Waals surface area contributed by atoms with Crippen LogP contribution in [0.5, 0.6) is 17.2 Å². The van der Waals surface area contributed by atoms with E-state index in [1.165, 1.54) is 6.92 Å². The van der Waals surface area contributed by atoms with Crippen molar-refractivity contribution >= 4 is 43.5 Å². The van der Waals surface area contributed by atoms with Gasteiger partial charge in [-0.2, -0.15) is 0 Å². The number of nitrogens with two attached hydrogens (primary N) is 1. The van der Waals surface area contributed by atoms with Gasteiger partial charge in [0, 0.05) is 24.7 Å². The van der Waals surface area contributed by atoms with Gasteiger partial charge in [0.25, 0.3) is 0 Å². The third kappa shape index (κ3) is 4.37. The number of rotatable bonds is 4. The number of carbonyl (C=O) groups is 1. The first-order valence-corrected chi connectivity index (χ1v) is 7.42. The van der Waals surface area contributed by atoms with E-state index in [0.29, 0.717) is 31.9 Å². The molecule has 0 saturated carbocycles. The number of benzene rings is 2. The van der Waals surface area contributed by atoms with Crippen LogP contribution in [0.3, 0.4) is 0 Å². The molecule has 0 fully saturated rings. The Kier molecular flexibility index (Phi) is 5.08. The number of halogens is 2. The van der Waals surface area contributed by atoms with E-state index in [9.17, 15) is 4.79 Å². The summed E-state index contributed by atoms with van der Waals surface area (Å²) in [5.41, 5.74) is 6.28. The highest BCUT2D eigenvalue weighted by molar-refractivity contribution is 9.11. The van der Waals surface area contributed by atoms with Crippen LogP contribution in [-0.4, -0.2) is 5.97 Å². The molecule has 5 nitrogen and oxygen atoms in total. The smallest absolute Gasteiger partial charge is 0.352 e. The van der Waals surface area contributed by atoms with Crippen molar-refractivity contribution in [3.05, 3.63) is 45.3 Å². The van der Waals surface area contributed by atoms with Gasteiger partial charge < -0.3 is 10.5 Å². The Bertz CT molecular complexity index is 636. The van der Waals surface area contributed by atoms with Gasteiger partial charge in [-0.1, -0.05) is 0 Å². The molecule has 0 aliphatic rings. The number of ether oxygens (including phenoxy) is 1. The summed E-state index contributed by atoms with van der Waals surface area (Å²) in [4.78, 5) is 20.1. The van der Waals surface area contributed by atoms with Crippen molar-refractivity contribution in [2.75, 3.05) is 5.73 Å². The lowest BCUT2D eigenvalue weighted by atomic mass is 10.3. The Labute approximate surface area is 138 Å². The fraction of sp³-hybridized carbons (Fsp3) is 0.0714. The van der Waals surface area contributed by atoms with Crippen molar-refractivity contribution in [1.82, 2.24) is 0 Å². The third-order valence-electron chi connectivity index (χ3n) is 2.33. The second kappa shape index (κ2) is 6.82. The van der Waals surface area contributed by atoms with Crippen LogP contribution in [0.4, 0.5) is 5.69 Å². The van der Waals surface area contributed by atoms with Gasteiger partial charge in [0.15, 0.2) is 11.5 Å². The fourth-order valence-electron chi connectivity index (χ4n) is 1.44. The molecule has 2 aromatic carbocycles. The average molecular weight is 417 g/mol. The second-order valence-corrected chi connectivity index (χ2v) is 5.75. The van der Waals surface area contributed by atoms with Gasteiger partial charge in [0.1, 0.15) is 5.75 Å². The summed E-state index contributed by atoms with van der Waals surface area (Å²) in [5.74, 6) is 1.02. The van der Waals surface area contributed by atoms with Crippen molar-refractivity contribution < 1.29 is 19.3 Å². The van der Waals surface area contributed by atoms with E-state index < -0.39 is 5.97 Å². The molecule has 0 aliphatic carbocycles. The van der Waals surface area contributed by atoms with Crippen molar-refractivity contribution in [2.45, 2.75) is 6.92 Å². The van der Waals surface area contributed by atoms with Crippen molar-refractivity contribution in [1.29, 1.82) is 0 Å². The standard InChI is InChI=1S/C14H11Br2NO4/c1-8(18)20-21-11-6-12(15)14(13(16)7-11)19-10-4-2-9(17)3-5-10/h2-7H,17H2,1H3. The first-order valence-electron chi connectivity index (χ1n) is 5.83. The summed E-state index contributed by atoms with van der Waals surface area (Å²) >= 11 is 6.75. The molecule has 0 heterocycles. The SMILES string of the molecule is CC(=O)OOc1cc(Br)c(Oc2ccc(N)cc2)c(Br)c1. The number of carbonyl (C=O) groups excluding carboxylic acids is 1. The lowest BCUT2D eigenvalue weighted by Crippen LogP contribution is -2.03. The van der Waals surface area contributed by atoms with Crippen LogP contribution in [0.25, 0.3) is 0 Å².